The van der Waals surface area contributed by atoms with Crippen LogP contribution >= 0.6 is 0 Å². The van der Waals surface area contributed by atoms with E-state index < -0.39 is 0 Å². The lowest BCUT2D eigenvalue weighted by atomic mass is 9.93. The summed E-state index contributed by atoms with van der Waals surface area (Å²) in [6, 6.07) is 4.12. The summed E-state index contributed by atoms with van der Waals surface area (Å²) in [5, 5.41) is 3.05. The molecule has 130 valence electrons. The molecule has 0 fully saturated rings. The predicted octanol–water partition coefficient (Wildman–Crippen LogP) is 2.55. The van der Waals surface area contributed by atoms with Gasteiger partial charge < -0.3 is 15.1 Å². The lowest BCUT2D eigenvalue weighted by Crippen LogP contribution is -2.47. The summed E-state index contributed by atoms with van der Waals surface area (Å²) in [6.45, 7) is 10.0. The fraction of sp³-hybridized carbons (Fsp3) is 0.667. The van der Waals surface area contributed by atoms with Crippen molar-refractivity contribution < 1.29 is 4.79 Å². The van der Waals surface area contributed by atoms with Crippen LogP contribution in [0.4, 0.5) is 4.79 Å². The Hall–Kier alpha value is -1.62. The molecular formula is C18H32N4O. The molecule has 0 aliphatic carbocycles. The van der Waals surface area contributed by atoms with Crippen LogP contribution in [0.2, 0.25) is 0 Å². The monoisotopic (exact) mass is 320 g/mol. The molecule has 1 aromatic rings. The van der Waals surface area contributed by atoms with E-state index in [9.17, 15) is 4.79 Å². The van der Waals surface area contributed by atoms with E-state index in [1.165, 1.54) is 5.56 Å². The van der Waals surface area contributed by atoms with E-state index in [0.29, 0.717) is 6.54 Å². The normalized spacial score (nSPS) is 13.0. The number of rotatable bonds is 7. The van der Waals surface area contributed by atoms with Gasteiger partial charge in [0.1, 0.15) is 0 Å². The summed E-state index contributed by atoms with van der Waals surface area (Å²) in [6.07, 6.45) is 2.58. The molecule has 0 aromatic carbocycles. The molecule has 1 heterocycles. The highest BCUT2D eigenvalue weighted by Crippen LogP contribution is 2.14. The maximum Gasteiger partial charge on any atom is 0.317 e. The Morgan fingerprint density at radius 1 is 1.35 bits per heavy atom. The van der Waals surface area contributed by atoms with Gasteiger partial charge in [-0.05, 0) is 51.1 Å². The van der Waals surface area contributed by atoms with Crippen molar-refractivity contribution in [1.29, 1.82) is 0 Å². The van der Waals surface area contributed by atoms with Crippen LogP contribution in [0.3, 0.4) is 0 Å². The van der Waals surface area contributed by atoms with Gasteiger partial charge in [-0.2, -0.15) is 0 Å². The van der Waals surface area contributed by atoms with Gasteiger partial charge in [0.25, 0.3) is 0 Å². The SMILES string of the molecule is Cc1ccnc(CC(C)N(C)C(=O)NCC(C)(C)CN(C)C)c1. The van der Waals surface area contributed by atoms with Gasteiger partial charge in [0.15, 0.2) is 0 Å². The molecule has 0 bridgehead atoms. The average Bonchev–Trinajstić information content (AvgIpc) is 2.42. The summed E-state index contributed by atoms with van der Waals surface area (Å²) in [7, 11) is 5.94. The van der Waals surface area contributed by atoms with Gasteiger partial charge in [0.2, 0.25) is 0 Å². The minimum atomic E-state index is -0.0306. The molecule has 0 radical (unpaired) electrons. The molecule has 0 saturated carbocycles. The second kappa shape index (κ2) is 8.29. The smallest absolute Gasteiger partial charge is 0.317 e. The lowest BCUT2D eigenvalue weighted by Gasteiger charge is -2.31. The van der Waals surface area contributed by atoms with Crippen molar-refractivity contribution in [2.24, 2.45) is 5.41 Å². The van der Waals surface area contributed by atoms with E-state index in [1.54, 1.807) is 4.90 Å². The van der Waals surface area contributed by atoms with Gasteiger partial charge in [-0.25, -0.2) is 4.79 Å². The number of aryl methyl sites for hydroxylation is 1. The molecule has 0 aliphatic rings. The number of nitrogens with one attached hydrogen (secondary N) is 1. The first kappa shape index (κ1) is 19.4. The number of amides is 2. The zero-order valence-electron chi connectivity index (χ0n) is 15.7. The van der Waals surface area contributed by atoms with Crippen LogP contribution in [0.15, 0.2) is 18.3 Å². The van der Waals surface area contributed by atoms with Gasteiger partial charge in [-0.3, -0.25) is 4.98 Å². The molecule has 23 heavy (non-hydrogen) atoms. The average molecular weight is 320 g/mol. The summed E-state index contributed by atoms with van der Waals surface area (Å²) in [4.78, 5) is 20.6. The minimum Gasteiger partial charge on any atom is -0.337 e. The second-order valence-corrected chi connectivity index (χ2v) is 7.55. The van der Waals surface area contributed by atoms with Crippen molar-refractivity contribution in [3.63, 3.8) is 0 Å². The zero-order valence-corrected chi connectivity index (χ0v) is 15.7. The second-order valence-electron chi connectivity index (χ2n) is 7.55. The molecule has 1 atom stereocenters. The minimum absolute atomic E-state index is 0.0306. The maximum absolute atomic E-state index is 12.4. The number of likely N-dealkylation sites (N-methyl/N-ethyl adjacent to an activating group) is 1. The number of aromatic nitrogens is 1. The predicted molar refractivity (Wildman–Crippen MR) is 95.6 cm³/mol. The van der Waals surface area contributed by atoms with Gasteiger partial charge >= 0.3 is 6.03 Å². The van der Waals surface area contributed by atoms with Gasteiger partial charge in [0, 0.05) is 44.5 Å². The Kier molecular flexibility index (Phi) is 7.01. The van der Waals surface area contributed by atoms with Gasteiger partial charge in [0.05, 0.1) is 0 Å². The molecule has 1 N–H and O–H groups in total. The number of hydrogen-bond acceptors (Lipinski definition) is 3. The van der Waals surface area contributed by atoms with Crippen LogP contribution in [0.5, 0.6) is 0 Å². The first-order valence-electron chi connectivity index (χ1n) is 8.17. The molecule has 1 unspecified atom stereocenters. The molecular weight excluding hydrogens is 288 g/mol. The molecule has 2 amide bonds. The van der Waals surface area contributed by atoms with E-state index in [0.717, 1.165) is 18.7 Å². The molecule has 5 heteroatoms. The van der Waals surface area contributed by atoms with Crippen molar-refractivity contribution in [1.82, 2.24) is 20.1 Å². The third-order valence-electron chi connectivity index (χ3n) is 3.92. The fourth-order valence-corrected chi connectivity index (χ4v) is 2.70. The zero-order chi connectivity index (χ0) is 17.6. The van der Waals surface area contributed by atoms with Crippen molar-refractivity contribution >= 4 is 6.03 Å². The van der Waals surface area contributed by atoms with Crippen molar-refractivity contribution in [2.75, 3.05) is 34.2 Å². The van der Waals surface area contributed by atoms with Crippen molar-refractivity contribution in [2.45, 2.75) is 40.2 Å². The highest BCUT2D eigenvalue weighted by molar-refractivity contribution is 5.74. The molecule has 1 rings (SSSR count). The number of carbonyl (C=O) groups excluding carboxylic acids is 1. The molecule has 0 aliphatic heterocycles. The lowest BCUT2D eigenvalue weighted by molar-refractivity contribution is 0.180. The number of carbonyl (C=O) groups is 1. The third-order valence-corrected chi connectivity index (χ3v) is 3.92. The van der Waals surface area contributed by atoms with Crippen LogP contribution in [-0.2, 0) is 6.42 Å². The van der Waals surface area contributed by atoms with E-state index in [2.05, 4.69) is 49.0 Å². The topological polar surface area (TPSA) is 48.5 Å². The molecule has 1 aromatic heterocycles. The van der Waals surface area contributed by atoms with Gasteiger partial charge in [-0.15, -0.1) is 0 Å². The first-order valence-corrected chi connectivity index (χ1v) is 8.17. The van der Waals surface area contributed by atoms with Crippen LogP contribution in [0, 0.1) is 12.3 Å². The highest BCUT2D eigenvalue weighted by Gasteiger charge is 2.22. The number of urea groups is 1. The van der Waals surface area contributed by atoms with E-state index in [1.807, 2.05) is 33.4 Å². The van der Waals surface area contributed by atoms with Crippen LogP contribution in [0.1, 0.15) is 32.0 Å². The molecule has 0 saturated heterocycles. The van der Waals surface area contributed by atoms with E-state index in [4.69, 9.17) is 0 Å². The van der Waals surface area contributed by atoms with Crippen LogP contribution in [0.25, 0.3) is 0 Å². The Morgan fingerprint density at radius 3 is 2.57 bits per heavy atom. The Labute approximate surface area is 141 Å². The third kappa shape index (κ3) is 6.99. The molecule has 0 spiro atoms. The standard InChI is InChI=1S/C18H32N4O/c1-14-8-9-19-16(10-14)11-15(2)22(7)17(23)20-12-18(3,4)13-21(5)6/h8-10,15H,11-13H2,1-7H3,(H,20,23). The fourth-order valence-electron chi connectivity index (χ4n) is 2.70. The van der Waals surface area contributed by atoms with Crippen LogP contribution in [-0.4, -0.2) is 61.1 Å². The van der Waals surface area contributed by atoms with E-state index >= 15 is 0 Å². The quantitative estimate of drug-likeness (QED) is 0.840. The Bertz CT molecular complexity index is 513. The van der Waals surface area contributed by atoms with Gasteiger partial charge in [-0.1, -0.05) is 13.8 Å². The number of nitrogens with zero attached hydrogens (tertiary/aromatic N) is 3. The summed E-state index contributed by atoms with van der Waals surface area (Å²) < 4.78 is 0. The number of pyridine rings is 1. The van der Waals surface area contributed by atoms with Crippen molar-refractivity contribution in [3.05, 3.63) is 29.6 Å². The van der Waals surface area contributed by atoms with Crippen LogP contribution < -0.4 is 5.32 Å². The first-order chi connectivity index (χ1) is 10.6. The largest absolute Gasteiger partial charge is 0.337 e. The Morgan fingerprint density at radius 2 is 2.00 bits per heavy atom. The number of hydrogen-bond donors (Lipinski definition) is 1. The highest BCUT2D eigenvalue weighted by atomic mass is 16.2. The summed E-state index contributed by atoms with van der Waals surface area (Å²) in [5.74, 6) is 0. The van der Waals surface area contributed by atoms with E-state index in [-0.39, 0.29) is 17.5 Å². The maximum atomic E-state index is 12.4. The van der Waals surface area contributed by atoms with Crippen molar-refractivity contribution in [3.8, 4) is 0 Å². The summed E-state index contributed by atoms with van der Waals surface area (Å²) >= 11 is 0. The molecule has 5 nitrogen and oxygen atoms in total. The Balaban J connectivity index is 2.52. The summed E-state index contributed by atoms with van der Waals surface area (Å²) in [5.41, 5.74) is 2.26.